The van der Waals surface area contributed by atoms with E-state index in [1.54, 1.807) is 11.3 Å². The second-order valence-electron chi connectivity index (χ2n) is 6.57. The van der Waals surface area contributed by atoms with Crippen molar-refractivity contribution < 1.29 is 0 Å². The third-order valence-corrected chi connectivity index (χ3v) is 5.60. The van der Waals surface area contributed by atoms with E-state index >= 15 is 0 Å². The molecular weight excluding hydrogens is 312 g/mol. The number of aryl methyl sites for hydroxylation is 2. The lowest BCUT2D eigenvalue weighted by Crippen LogP contribution is -2.25. The Morgan fingerprint density at radius 2 is 1.92 bits per heavy atom. The van der Waals surface area contributed by atoms with Gasteiger partial charge in [-0.25, -0.2) is 4.98 Å². The smallest absolute Gasteiger partial charge is 0.0797 e. The molecule has 2 aromatic carbocycles. The highest BCUT2D eigenvalue weighted by Gasteiger charge is 2.04. The third-order valence-electron chi connectivity index (χ3n) is 4.60. The standard InChI is InChI=1S/C21H26N2S/c1-16(7-3-6-10-21-17(2)23-15-24-21)22-14-18-11-12-19-8-4-5-9-20(19)13-18/h4-5,8-9,11-13,15-16,22H,3,6-7,10,14H2,1-2H3/t16-/m1/s1. The molecular formula is C21H26N2S. The van der Waals surface area contributed by atoms with Crippen LogP contribution in [0.2, 0.25) is 0 Å². The first-order chi connectivity index (χ1) is 11.7. The Balaban J connectivity index is 1.40. The van der Waals surface area contributed by atoms with E-state index in [1.165, 1.54) is 52.6 Å². The van der Waals surface area contributed by atoms with Gasteiger partial charge in [-0.2, -0.15) is 0 Å². The summed E-state index contributed by atoms with van der Waals surface area (Å²) in [5.74, 6) is 0. The summed E-state index contributed by atoms with van der Waals surface area (Å²) in [6, 6.07) is 15.8. The first-order valence-electron chi connectivity index (χ1n) is 8.82. The molecule has 24 heavy (non-hydrogen) atoms. The quantitative estimate of drug-likeness (QED) is 0.549. The van der Waals surface area contributed by atoms with Crippen LogP contribution in [0.4, 0.5) is 0 Å². The van der Waals surface area contributed by atoms with Gasteiger partial charge >= 0.3 is 0 Å². The summed E-state index contributed by atoms with van der Waals surface area (Å²) in [6.45, 7) is 5.35. The lowest BCUT2D eigenvalue weighted by atomic mass is 10.1. The number of nitrogens with zero attached hydrogens (tertiary/aromatic N) is 1. The molecule has 0 aliphatic rings. The van der Waals surface area contributed by atoms with Gasteiger partial charge in [-0.15, -0.1) is 11.3 Å². The van der Waals surface area contributed by atoms with E-state index in [0.717, 1.165) is 6.54 Å². The molecule has 0 saturated carbocycles. The van der Waals surface area contributed by atoms with Gasteiger partial charge in [0.15, 0.2) is 0 Å². The van der Waals surface area contributed by atoms with E-state index in [1.807, 2.05) is 5.51 Å². The molecule has 0 unspecified atom stereocenters. The van der Waals surface area contributed by atoms with Crippen LogP contribution in [0, 0.1) is 6.92 Å². The molecule has 1 heterocycles. The average Bonchev–Trinajstić information content (AvgIpc) is 3.02. The van der Waals surface area contributed by atoms with Crippen LogP contribution in [-0.2, 0) is 13.0 Å². The zero-order valence-electron chi connectivity index (χ0n) is 14.6. The summed E-state index contributed by atoms with van der Waals surface area (Å²) in [5, 5.41) is 6.30. The molecule has 1 N–H and O–H groups in total. The number of nitrogens with one attached hydrogen (secondary N) is 1. The maximum Gasteiger partial charge on any atom is 0.0797 e. The van der Waals surface area contributed by atoms with Crippen molar-refractivity contribution in [3.05, 3.63) is 64.1 Å². The fraction of sp³-hybridized carbons (Fsp3) is 0.381. The van der Waals surface area contributed by atoms with Gasteiger partial charge in [0.05, 0.1) is 11.2 Å². The second kappa shape index (κ2) is 8.41. The molecule has 0 saturated heterocycles. The molecule has 1 atom stereocenters. The van der Waals surface area contributed by atoms with Crippen molar-refractivity contribution in [2.45, 2.75) is 52.1 Å². The highest BCUT2D eigenvalue weighted by Crippen LogP contribution is 2.17. The van der Waals surface area contributed by atoms with Gasteiger partial charge in [-0.05, 0) is 55.5 Å². The van der Waals surface area contributed by atoms with Crippen LogP contribution >= 0.6 is 11.3 Å². The van der Waals surface area contributed by atoms with Crippen LogP contribution in [0.15, 0.2) is 48.0 Å². The predicted octanol–water partition coefficient (Wildman–Crippen LogP) is 5.50. The highest BCUT2D eigenvalue weighted by molar-refractivity contribution is 7.09. The summed E-state index contributed by atoms with van der Waals surface area (Å²) in [7, 11) is 0. The topological polar surface area (TPSA) is 24.9 Å². The monoisotopic (exact) mass is 338 g/mol. The van der Waals surface area contributed by atoms with Gasteiger partial charge in [0, 0.05) is 17.5 Å². The van der Waals surface area contributed by atoms with Crippen molar-refractivity contribution in [3.8, 4) is 0 Å². The molecule has 0 aliphatic carbocycles. The third kappa shape index (κ3) is 4.65. The fourth-order valence-electron chi connectivity index (χ4n) is 3.05. The Morgan fingerprint density at radius 3 is 2.71 bits per heavy atom. The molecule has 0 bridgehead atoms. The maximum atomic E-state index is 4.32. The van der Waals surface area contributed by atoms with Gasteiger partial charge < -0.3 is 5.32 Å². The molecule has 0 spiro atoms. The largest absolute Gasteiger partial charge is 0.310 e. The Morgan fingerprint density at radius 1 is 1.08 bits per heavy atom. The fourth-order valence-corrected chi connectivity index (χ4v) is 3.87. The number of hydrogen-bond acceptors (Lipinski definition) is 3. The van der Waals surface area contributed by atoms with Crippen molar-refractivity contribution in [1.82, 2.24) is 10.3 Å². The lowest BCUT2D eigenvalue weighted by Gasteiger charge is -2.14. The van der Waals surface area contributed by atoms with Gasteiger partial charge in [-0.1, -0.05) is 42.8 Å². The summed E-state index contributed by atoms with van der Waals surface area (Å²) >= 11 is 1.79. The Hall–Kier alpha value is -1.71. The molecule has 2 nitrogen and oxygen atoms in total. The van der Waals surface area contributed by atoms with E-state index in [4.69, 9.17) is 0 Å². The highest BCUT2D eigenvalue weighted by atomic mass is 32.1. The zero-order valence-corrected chi connectivity index (χ0v) is 15.4. The Kier molecular flexibility index (Phi) is 6.00. The van der Waals surface area contributed by atoms with Crippen LogP contribution in [-0.4, -0.2) is 11.0 Å². The number of aromatic nitrogens is 1. The molecule has 3 rings (SSSR count). The summed E-state index contributed by atoms with van der Waals surface area (Å²) in [4.78, 5) is 5.77. The number of thiazole rings is 1. The molecule has 0 aliphatic heterocycles. The minimum Gasteiger partial charge on any atom is -0.310 e. The number of rotatable bonds is 8. The van der Waals surface area contributed by atoms with Crippen LogP contribution in [0.25, 0.3) is 10.8 Å². The number of unbranched alkanes of at least 4 members (excludes halogenated alkanes) is 1. The minimum atomic E-state index is 0.555. The van der Waals surface area contributed by atoms with Crippen LogP contribution in [0.5, 0.6) is 0 Å². The van der Waals surface area contributed by atoms with Crippen LogP contribution in [0.1, 0.15) is 42.3 Å². The van der Waals surface area contributed by atoms with E-state index in [-0.39, 0.29) is 0 Å². The van der Waals surface area contributed by atoms with Gasteiger partial charge in [0.25, 0.3) is 0 Å². The number of fused-ring (bicyclic) bond motifs is 1. The number of benzene rings is 2. The minimum absolute atomic E-state index is 0.555. The summed E-state index contributed by atoms with van der Waals surface area (Å²) < 4.78 is 0. The van der Waals surface area contributed by atoms with E-state index in [2.05, 4.69) is 66.6 Å². The van der Waals surface area contributed by atoms with E-state index < -0.39 is 0 Å². The normalized spacial score (nSPS) is 12.6. The van der Waals surface area contributed by atoms with Crippen molar-refractivity contribution in [2.24, 2.45) is 0 Å². The predicted molar refractivity (Wildman–Crippen MR) is 105 cm³/mol. The van der Waals surface area contributed by atoms with Gasteiger partial charge in [0.2, 0.25) is 0 Å². The molecule has 126 valence electrons. The van der Waals surface area contributed by atoms with Crippen LogP contribution in [0.3, 0.4) is 0 Å². The Labute approximate surface area is 148 Å². The van der Waals surface area contributed by atoms with Crippen molar-refractivity contribution >= 4 is 22.1 Å². The van der Waals surface area contributed by atoms with Gasteiger partial charge in [-0.3, -0.25) is 0 Å². The van der Waals surface area contributed by atoms with E-state index in [9.17, 15) is 0 Å². The molecule has 0 radical (unpaired) electrons. The average molecular weight is 339 g/mol. The first kappa shape index (κ1) is 17.1. The molecule has 3 aromatic rings. The molecule has 0 fully saturated rings. The van der Waals surface area contributed by atoms with Crippen LogP contribution < -0.4 is 5.32 Å². The Bertz CT molecular complexity index is 778. The number of hydrogen-bond donors (Lipinski definition) is 1. The first-order valence-corrected chi connectivity index (χ1v) is 9.70. The van der Waals surface area contributed by atoms with E-state index in [0.29, 0.717) is 6.04 Å². The van der Waals surface area contributed by atoms with Gasteiger partial charge in [0.1, 0.15) is 0 Å². The SMILES string of the molecule is Cc1ncsc1CCCC[C@@H](C)NCc1ccc2ccccc2c1. The molecule has 1 aromatic heterocycles. The lowest BCUT2D eigenvalue weighted by molar-refractivity contribution is 0.489. The second-order valence-corrected chi connectivity index (χ2v) is 7.51. The molecule has 0 amide bonds. The summed E-state index contributed by atoms with van der Waals surface area (Å²) in [5.41, 5.74) is 4.53. The van der Waals surface area contributed by atoms with Crippen molar-refractivity contribution in [1.29, 1.82) is 0 Å². The molecule has 3 heteroatoms. The van der Waals surface area contributed by atoms with Crippen molar-refractivity contribution in [2.75, 3.05) is 0 Å². The van der Waals surface area contributed by atoms with Crippen molar-refractivity contribution in [3.63, 3.8) is 0 Å². The maximum absolute atomic E-state index is 4.32. The zero-order chi connectivity index (χ0) is 16.8. The summed E-state index contributed by atoms with van der Waals surface area (Å²) in [6.07, 6.45) is 4.92.